The van der Waals surface area contributed by atoms with Gasteiger partial charge in [-0.2, -0.15) is 4.98 Å². The molecule has 36 heavy (non-hydrogen) atoms. The molecule has 1 aliphatic rings. The summed E-state index contributed by atoms with van der Waals surface area (Å²) in [6.07, 6.45) is 3.63. The number of likely N-dealkylation sites (tertiary alicyclic amines) is 1. The van der Waals surface area contributed by atoms with E-state index in [1.54, 1.807) is 6.20 Å². The van der Waals surface area contributed by atoms with Crippen LogP contribution in [-0.2, 0) is 16.1 Å². The van der Waals surface area contributed by atoms with Gasteiger partial charge in [-0.25, -0.2) is 4.98 Å². The Hall–Kier alpha value is -3.96. The van der Waals surface area contributed by atoms with Gasteiger partial charge >= 0.3 is 12.0 Å². The van der Waals surface area contributed by atoms with Crippen molar-refractivity contribution in [2.24, 2.45) is 5.92 Å². The zero-order chi connectivity index (χ0) is 25.5. The van der Waals surface area contributed by atoms with Crippen molar-refractivity contribution in [1.29, 1.82) is 0 Å². The average Bonchev–Trinajstić information content (AvgIpc) is 2.87. The van der Waals surface area contributed by atoms with Gasteiger partial charge in [0.25, 0.3) is 0 Å². The zero-order valence-corrected chi connectivity index (χ0v) is 21.1. The number of carbonyl (C=O) groups is 1. The van der Waals surface area contributed by atoms with E-state index >= 15 is 0 Å². The van der Waals surface area contributed by atoms with Crippen molar-refractivity contribution in [3.8, 4) is 6.07 Å². The summed E-state index contributed by atoms with van der Waals surface area (Å²) in [6, 6.07) is 16.0. The molecule has 3 aromatic rings. The number of aromatic nitrogens is 2. The van der Waals surface area contributed by atoms with Crippen molar-refractivity contribution in [2.45, 2.75) is 40.2 Å². The molecular weight excluding hydrogens is 452 g/mol. The number of benzene rings is 2. The molecule has 0 spiro atoms. The molecule has 2 heterocycles. The summed E-state index contributed by atoms with van der Waals surface area (Å²) in [4.78, 5) is 23.5. The Labute approximate surface area is 212 Å². The number of nitrogens with zero attached hydrogens (tertiary/aromatic N) is 3. The average molecular weight is 486 g/mol. The van der Waals surface area contributed by atoms with Crippen LogP contribution in [0.25, 0.3) is 0 Å². The van der Waals surface area contributed by atoms with Gasteiger partial charge in [-0.1, -0.05) is 17.4 Å². The van der Waals surface area contributed by atoms with Gasteiger partial charge in [-0.3, -0.25) is 9.69 Å². The van der Waals surface area contributed by atoms with E-state index in [9.17, 15) is 4.79 Å². The van der Waals surface area contributed by atoms with Crippen LogP contribution in [0.2, 0.25) is 0 Å². The predicted molar refractivity (Wildman–Crippen MR) is 140 cm³/mol. The SMILES string of the molecule is CCOC(=O)C1CCCN(Cc2cc(C)c(Nc3ccnc(Nc4ccc(C#[NH+])cc4)n3)c(C)c2)C1. The van der Waals surface area contributed by atoms with E-state index in [4.69, 9.17) is 10.00 Å². The molecule has 1 fully saturated rings. The normalized spacial score (nSPS) is 15.7. The van der Waals surface area contributed by atoms with Crippen LogP contribution in [0.3, 0.4) is 0 Å². The molecule has 186 valence electrons. The number of carbonyl (C=O) groups excluding carboxylic acids is 1. The second-order valence-corrected chi connectivity index (χ2v) is 9.15. The molecule has 0 saturated carbocycles. The number of esters is 1. The molecule has 1 saturated heterocycles. The second-order valence-electron chi connectivity index (χ2n) is 9.15. The Kier molecular flexibility index (Phi) is 8.13. The topological polar surface area (TPSA) is 103 Å². The van der Waals surface area contributed by atoms with E-state index in [0.717, 1.165) is 55.0 Å². The third-order valence-electron chi connectivity index (χ3n) is 6.32. The first-order valence-corrected chi connectivity index (χ1v) is 12.3. The first-order chi connectivity index (χ1) is 17.4. The highest BCUT2D eigenvalue weighted by molar-refractivity contribution is 5.72. The van der Waals surface area contributed by atoms with Gasteiger partial charge in [0.05, 0.1) is 12.5 Å². The van der Waals surface area contributed by atoms with Crippen molar-refractivity contribution < 1.29 is 14.8 Å². The summed E-state index contributed by atoms with van der Waals surface area (Å²) < 4.78 is 5.24. The number of anilines is 4. The third-order valence-corrected chi connectivity index (χ3v) is 6.32. The minimum Gasteiger partial charge on any atom is -0.466 e. The number of ether oxygens (including phenoxy) is 1. The summed E-state index contributed by atoms with van der Waals surface area (Å²) in [5.41, 5.74) is 6.08. The second kappa shape index (κ2) is 11.6. The lowest BCUT2D eigenvalue weighted by Gasteiger charge is -2.31. The lowest BCUT2D eigenvalue weighted by atomic mass is 9.97. The van der Waals surface area contributed by atoms with Crippen LogP contribution in [0.5, 0.6) is 0 Å². The van der Waals surface area contributed by atoms with Gasteiger partial charge in [0, 0.05) is 30.7 Å². The third kappa shape index (κ3) is 6.37. The van der Waals surface area contributed by atoms with E-state index in [2.05, 4.69) is 57.6 Å². The molecule has 1 aliphatic heterocycles. The molecule has 1 aromatic heterocycles. The molecule has 0 amide bonds. The van der Waals surface area contributed by atoms with Crippen LogP contribution in [0.4, 0.5) is 23.1 Å². The fourth-order valence-electron chi connectivity index (χ4n) is 4.63. The number of nitrogens with one attached hydrogen (secondary N) is 3. The maximum absolute atomic E-state index is 12.2. The van der Waals surface area contributed by atoms with Crippen molar-refractivity contribution >= 4 is 29.1 Å². The first-order valence-electron chi connectivity index (χ1n) is 12.3. The summed E-state index contributed by atoms with van der Waals surface area (Å²) >= 11 is 0. The van der Waals surface area contributed by atoms with E-state index in [-0.39, 0.29) is 11.9 Å². The minimum atomic E-state index is -0.0744. The van der Waals surface area contributed by atoms with E-state index in [0.29, 0.717) is 23.9 Å². The van der Waals surface area contributed by atoms with Crippen LogP contribution in [0.15, 0.2) is 48.7 Å². The lowest BCUT2D eigenvalue weighted by Crippen LogP contribution is -2.38. The van der Waals surface area contributed by atoms with Crippen LogP contribution in [0.1, 0.15) is 42.0 Å². The Balaban J connectivity index is 1.42. The predicted octanol–water partition coefficient (Wildman–Crippen LogP) is 3.48. The highest BCUT2D eigenvalue weighted by atomic mass is 16.5. The monoisotopic (exact) mass is 485 g/mol. The molecule has 2 aromatic carbocycles. The number of aryl methyl sites for hydroxylation is 2. The smallest absolute Gasteiger partial charge is 0.310 e. The van der Waals surface area contributed by atoms with Crippen molar-refractivity contribution in [2.75, 3.05) is 30.3 Å². The van der Waals surface area contributed by atoms with E-state index in [1.165, 1.54) is 5.56 Å². The molecule has 0 radical (unpaired) electrons. The van der Waals surface area contributed by atoms with Gasteiger partial charge in [-0.15, -0.1) is 0 Å². The molecule has 0 aliphatic carbocycles. The Morgan fingerprint density at radius 1 is 1.17 bits per heavy atom. The fraction of sp³-hybridized carbons (Fsp3) is 0.357. The molecule has 3 N–H and O–H groups in total. The van der Waals surface area contributed by atoms with Crippen LogP contribution >= 0.6 is 0 Å². The highest BCUT2D eigenvalue weighted by Gasteiger charge is 2.27. The Bertz CT molecular complexity index is 1230. The highest BCUT2D eigenvalue weighted by Crippen LogP contribution is 2.28. The van der Waals surface area contributed by atoms with Crippen molar-refractivity contribution in [3.63, 3.8) is 0 Å². The largest absolute Gasteiger partial charge is 0.466 e. The quantitative estimate of drug-likeness (QED) is 0.420. The van der Waals surface area contributed by atoms with Gasteiger partial charge < -0.3 is 15.4 Å². The van der Waals surface area contributed by atoms with Crippen molar-refractivity contribution in [3.05, 3.63) is 70.9 Å². The summed E-state index contributed by atoms with van der Waals surface area (Å²) in [5.74, 6) is 1.08. The Morgan fingerprint density at radius 3 is 2.61 bits per heavy atom. The van der Waals surface area contributed by atoms with Crippen molar-refractivity contribution in [1.82, 2.24) is 14.9 Å². The number of piperidine rings is 1. The van der Waals surface area contributed by atoms with E-state index in [1.807, 2.05) is 37.3 Å². The molecule has 8 heteroatoms. The molecular formula is C28H33N6O2+. The first kappa shape index (κ1) is 25.1. The Morgan fingerprint density at radius 2 is 1.92 bits per heavy atom. The van der Waals surface area contributed by atoms with Gasteiger partial charge in [0.1, 0.15) is 11.4 Å². The summed E-state index contributed by atoms with van der Waals surface area (Å²) in [5, 5.41) is 13.8. The molecule has 0 bridgehead atoms. The van der Waals surface area contributed by atoms with Crippen LogP contribution in [0, 0.1) is 25.8 Å². The van der Waals surface area contributed by atoms with Gasteiger partial charge in [-0.05, 0) is 87.2 Å². The number of rotatable bonds is 8. The maximum Gasteiger partial charge on any atom is 0.310 e. The standard InChI is InChI=1S/C28H32N6O2/c1-4-36-27(35)23-6-5-13-34(18-23)17-22-14-19(2)26(20(3)15-22)32-25-11-12-30-28(33-25)31-24-9-7-21(16-29)8-10-24/h7-12,14-15,23H,4-6,13,17-18H2,1-3H3,(H2,30,31,32,33)/p+1. The summed E-state index contributed by atoms with van der Waals surface area (Å²) in [6.45, 7) is 9.04. The lowest BCUT2D eigenvalue weighted by molar-refractivity contribution is -0.150. The molecule has 1 unspecified atom stereocenters. The molecule has 8 nitrogen and oxygen atoms in total. The number of hydrogen-bond acceptors (Lipinski definition) is 7. The summed E-state index contributed by atoms with van der Waals surface area (Å²) in [7, 11) is 0. The minimum absolute atomic E-state index is 0.0327. The van der Waals surface area contributed by atoms with Gasteiger partial charge in [0.2, 0.25) is 5.95 Å². The molecule has 1 atom stereocenters. The fourth-order valence-corrected chi connectivity index (χ4v) is 4.63. The van der Waals surface area contributed by atoms with E-state index < -0.39 is 0 Å². The van der Waals surface area contributed by atoms with Crippen LogP contribution in [-0.4, -0.2) is 40.5 Å². The zero-order valence-electron chi connectivity index (χ0n) is 21.1. The number of hydrogen-bond donors (Lipinski definition) is 3. The maximum atomic E-state index is 12.2. The van der Waals surface area contributed by atoms with Gasteiger partial charge in [0.15, 0.2) is 0 Å². The molecule has 4 rings (SSSR count). The van der Waals surface area contributed by atoms with Crippen LogP contribution < -0.4 is 15.9 Å².